The molecule has 2 saturated heterocycles. The molecule has 4 unspecified atom stereocenters. The Balaban J connectivity index is 2.14. The minimum Gasteiger partial charge on any atom is -0.385 e. The first-order valence-corrected chi connectivity index (χ1v) is 6.06. The second-order valence-electron chi connectivity index (χ2n) is 5.21. The standard InChI is InChI=1S/C12H19NO4/c1-7-8(2)11(15)13(10(7)14)6-12(16)4-5-17-9(12)3/h7-9,16H,4-6H2,1-3H3. The van der Waals surface area contributed by atoms with Gasteiger partial charge in [0.2, 0.25) is 11.8 Å². The van der Waals surface area contributed by atoms with Crippen LogP contribution in [0.2, 0.25) is 0 Å². The normalized spacial score (nSPS) is 42.6. The van der Waals surface area contributed by atoms with Gasteiger partial charge < -0.3 is 9.84 Å². The summed E-state index contributed by atoms with van der Waals surface area (Å²) in [7, 11) is 0. The second-order valence-corrected chi connectivity index (χ2v) is 5.21. The molecule has 4 atom stereocenters. The Hall–Kier alpha value is -0.940. The van der Waals surface area contributed by atoms with Crippen LogP contribution < -0.4 is 0 Å². The van der Waals surface area contributed by atoms with E-state index in [0.29, 0.717) is 13.0 Å². The van der Waals surface area contributed by atoms with Gasteiger partial charge in [-0.05, 0) is 6.92 Å². The Bertz CT molecular complexity index is 336. The van der Waals surface area contributed by atoms with Crippen LogP contribution >= 0.6 is 0 Å². The van der Waals surface area contributed by atoms with Crippen LogP contribution in [0, 0.1) is 11.8 Å². The predicted octanol–water partition coefficient (Wildman–Crippen LogP) is 0.167. The molecule has 0 aromatic rings. The lowest BCUT2D eigenvalue weighted by Crippen LogP contribution is -2.49. The summed E-state index contributed by atoms with van der Waals surface area (Å²) in [5.74, 6) is -0.947. The van der Waals surface area contributed by atoms with Gasteiger partial charge in [-0.2, -0.15) is 0 Å². The Morgan fingerprint density at radius 1 is 1.29 bits per heavy atom. The molecule has 0 radical (unpaired) electrons. The molecule has 0 saturated carbocycles. The zero-order valence-corrected chi connectivity index (χ0v) is 10.5. The molecule has 5 heteroatoms. The van der Waals surface area contributed by atoms with Crippen LogP contribution in [-0.2, 0) is 14.3 Å². The minimum absolute atomic E-state index is 0.0561. The lowest BCUT2D eigenvalue weighted by Gasteiger charge is -2.30. The number of ether oxygens (including phenoxy) is 1. The summed E-state index contributed by atoms with van der Waals surface area (Å²) in [6.07, 6.45) is 0.128. The number of β-amino-alcohol motifs (C(OH)–C–C–N with tert-alkyl or cyclic N) is 1. The van der Waals surface area contributed by atoms with Crippen molar-refractivity contribution in [2.24, 2.45) is 11.8 Å². The highest BCUT2D eigenvalue weighted by molar-refractivity contribution is 6.04. The molecule has 0 bridgehead atoms. The maximum atomic E-state index is 11.9. The van der Waals surface area contributed by atoms with Gasteiger partial charge in [0.25, 0.3) is 0 Å². The van der Waals surface area contributed by atoms with E-state index < -0.39 is 5.60 Å². The zero-order valence-electron chi connectivity index (χ0n) is 10.5. The van der Waals surface area contributed by atoms with E-state index >= 15 is 0 Å². The quantitative estimate of drug-likeness (QED) is 0.700. The molecular weight excluding hydrogens is 222 g/mol. The number of carbonyl (C=O) groups excluding carboxylic acids is 2. The molecule has 0 aliphatic carbocycles. The Labute approximate surface area is 101 Å². The largest absolute Gasteiger partial charge is 0.385 e. The number of amides is 2. The van der Waals surface area contributed by atoms with E-state index in [0.717, 1.165) is 0 Å². The number of likely N-dealkylation sites (tertiary alicyclic amines) is 1. The Morgan fingerprint density at radius 3 is 2.24 bits per heavy atom. The van der Waals surface area contributed by atoms with Crippen molar-refractivity contribution < 1.29 is 19.4 Å². The molecule has 1 N–H and O–H groups in total. The lowest BCUT2D eigenvalue weighted by atomic mass is 9.96. The smallest absolute Gasteiger partial charge is 0.232 e. The third-order valence-corrected chi connectivity index (χ3v) is 4.15. The maximum absolute atomic E-state index is 11.9. The summed E-state index contributed by atoms with van der Waals surface area (Å²) in [4.78, 5) is 25.0. The molecule has 0 aromatic carbocycles. The van der Waals surface area contributed by atoms with Crippen molar-refractivity contribution >= 4 is 11.8 Å². The summed E-state index contributed by atoms with van der Waals surface area (Å²) < 4.78 is 5.30. The first-order chi connectivity index (χ1) is 7.87. The molecule has 2 amide bonds. The molecular formula is C12H19NO4. The second kappa shape index (κ2) is 4.07. The summed E-state index contributed by atoms with van der Waals surface area (Å²) in [5.41, 5.74) is -1.09. The van der Waals surface area contributed by atoms with Crippen LogP contribution in [-0.4, -0.2) is 46.7 Å². The molecule has 0 aromatic heterocycles. The van der Waals surface area contributed by atoms with Crippen LogP contribution in [0.5, 0.6) is 0 Å². The fourth-order valence-electron chi connectivity index (χ4n) is 2.44. The number of nitrogens with zero attached hydrogens (tertiary/aromatic N) is 1. The van der Waals surface area contributed by atoms with E-state index in [4.69, 9.17) is 4.74 Å². The third-order valence-electron chi connectivity index (χ3n) is 4.15. The van der Waals surface area contributed by atoms with Crippen molar-refractivity contribution in [3.05, 3.63) is 0 Å². The van der Waals surface area contributed by atoms with E-state index in [-0.39, 0.29) is 36.3 Å². The average molecular weight is 241 g/mol. The van der Waals surface area contributed by atoms with Crippen molar-refractivity contribution in [1.82, 2.24) is 4.90 Å². The monoisotopic (exact) mass is 241 g/mol. The van der Waals surface area contributed by atoms with Crippen molar-refractivity contribution in [2.45, 2.75) is 38.9 Å². The first kappa shape index (κ1) is 12.5. The van der Waals surface area contributed by atoms with Gasteiger partial charge in [0.15, 0.2) is 0 Å². The van der Waals surface area contributed by atoms with Crippen molar-refractivity contribution in [2.75, 3.05) is 13.2 Å². The van der Waals surface area contributed by atoms with E-state index in [9.17, 15) is 14.7 Å². The fourth-order valence-corrected chi connectivity index (χ4v) is 2.44. The van der Waals surface area contributed by atoms with Gasteiger partial charge in [0.1, 0.15) is 5.60 Å². The maximum Gasteiger partial charge on any atom is 0.232 e. The van der Waals surface area contributed by atoms with Gasteiger partial charge in [0.05, 0.1) is 12.6 Å². The molecule has 17 heavy (non-hydrogen) atoms. The highest BCUT2D eigenvalue weighted by atomic mass is 16.5. The summed E-state index contributed by atoms with van der Waals surface area (Å²) in [5, 5.41) is 10.4. The predicted molar refractivity (Wildman–Crippen MR) is 60.0 cm³/mol. The number of rotatable bonds is 2. The number of aliphatic hydroxyl groups is 1. The SMILES string of the molecule is CC1C(=O)N(CC2(O)CCOC2C)C(=O)C1C. The number of imide groups is 1. The van der Waals surface area contributed by atoms with Gasteiger partial charge in [-0.1, -0.05) is 13.8 Å². The van der Waals surface area contributed by atoms with Gasteiger partial charge in [-0.25, -0.2) is 0 Å². The topological polar surface area (TPSA) is 66.8 Å². The Morgan fingerprint density at radius 2 is 1.82 bits per heavy atom. The Kier molecular flexibility index (Phi) is 2.99. The zero-order chi connectivity index (χ0) is 12.8. The molecule has 2 aliphatic rings. The van der Waals surface area contributed by atoms with Crippen molar-refractivity contribution in [3.63, 3.8) is 0 Å². The van der Waals surface area contributed by atoms with E-state index in [1.54, 1.807) is 20.8 Å². The minimum atomic E-state index is -1.09. The molecule has 0 spiro atoms. The van der Waals surface area contributed by atoms with Crippen LogP contribution in [0.15, 0.2) is 0 Å². The molecule has 2 heterocycles. The fraction of sp³-hybridized carbons (Fsp3) is 0.833. The highest BCUT2D eigenvalue weighted by Gasteiger charge is 2.48. The third kappa shape index (κ3) is 1.87. The number of hydrogen-bond donors (Lipinski definition) is 1. The highest BCUT2D eigenvalue weighted by Crippen LogP contribution is 2.31. The van der Waals surface area contributed by atoms with Gasteiger partial charge in [-0.15, -0.1) is 0 Å². The van der Waals surface area contributed by atoms with Crippen LogP contribution in [0.3, 0.4) is 0 Å². The lowest BCUT2D eigenvalue weighted by molar-refractivity contribution is -0.145. The van der Waals surface area contributed by atoms with Crippen molar-refractivity contribution in [3.8, 4) is 0 Å². The first-order valence-electron chi connectivity index (χ1n) is 6.06. The van der Waals surface area contributed by atoms with E-state index in [1.165, 1.54) is 4.90 Å². The number of carbonyl (C=O) groups is 2. The van der Waals surface area contributed by atoms with Crippen LogP contribution in [0.1, 0.15) is 27.2 Å². The summed E-state index contributed by atoms with van der Waals surface area (Å²) in [6.45, 7) is 5.80. The van der Waals surface area contributed by atoms with E-state index in [2.05, 4.69) is 0 Å². The van der Waals surface area contributed by atoms with Gasteiger partial charge in [0, 0.05) is 24.9 Å². The average Bonchev–Trinajstić information content (AvgIpc) is 2.70. The molecule has 2 rings (SSSR count). The molecule has 96 valence electrons. The molecule has 5 nitrogen and oxygen atoms in total. The van der Waals surface area contributed by atoms with Crippen molar-refractivity contribution in [1.29, 1.82) is 0 Å². The van der Waals surface area contributed by atoms with Gasteiger partial charge in [-0.3, -0.25) is 14.5 Å². The van der Waals surface area contributed by atoms with Crippen LogP contribution in [0.4, 0.5) is 0 Å². The molecule has 2 fully saturated rings. The van der Waals surface area contributed by atoms with E-state index in [1.807, 2.05) is 0 Å². The summed E-state index contributed by atoms with van der Waals surface area (Å²) >= 11 is 0. The van der Waals surface area contributed by atoms with Crippen LogP contribution in [0.25, 0.3) is 0 Å². The van der Waals surface area contributed by atoms with Gasteiger partial charge >= 0.3 is 0 Å². The number of hydrogen-bond acceptors (Lipinski definition) is 4. The molecule has 2 aliphatic heterocycles. The summed E-state index contributed by atoms with van der Waals surface area (Å²) in [6, 6.07) is 0.